The highest BCUT2D eigenvalue weighted by molar-refractivity contribution is 7.91. The zero-order valence-corrected chi connectivity index (χ0v) is 11.4. The maximum atomic E-state index is 11.7. The lowest BCUT2D eigenvalue weighted by Crippen LogP contribution is -2.12. The number of sulfone groups is 1. The van der Waals surface area contributed by atoms with Crippen molar-refractivity contribution in [2.45, 2.75) is 31.1 Å². The summed E-state index contributed by atoms with van der Waals surface area (Å²) in [6.45, 7) is 6.28. The molecule has 4 heteroatoms. The molecule has 2 nitrogen and oxygen atoms in total. The minimum absolute atomic E-state index is 0.0105. The molecular weight excluding hydrogens is 244 g/mol. The second-order valence-corrected chi connectivity index (χ2v) is 7.27. The Labute approximate surface area is 103 Å². The molecule has 0 aliphatic rings. The first-order chi connectivity index (χ1) is 7.27. The van der Waals surface area contributed by atoms with Gasteiger partial charge in [0.05, 0.1) is 10.6 Å². The summed E-state index contributed by atoms with van der Waals surface area (Å²) in [5.74, 6) is 0.118. The lowest BCUT2D eigenvalue weighted by molar-refractivity contribution is 0.586. The Bertz CT molecular complexity index is 441. The Morgan fingerprint density at radius 3 is 2.00 bits per heavy atom. The Hall–Kier alpha value is -0.540. The van der Waals surface area contributed by atoms with Crippen LogP contribution in [0.5, 0.6) is 0 Å². The van der Waals surface area contributed by atoms with Gasteiger partial charge in [-0.1, -0.05) is 32.9 Å². The van der Waals surface area contributed by atoms with E-state index in [1.54, 1.807) is 12.1 Å². The van der Waals surface area contributed by atoms with Crippen molar-refractivity contribution >= 4 is 21.4 Å². The molecule has 16 heavy (non-hydrogen) atoms. The molecule has 0 bridgehead atoms. The van der Waals surface area contributed by atoms with Crippen LogP contribution in [0.4, 0.5) is 0 Å². The zero-order chi connectivity index (χ0) is 12.4. The van der Waals surface area contributed by atoms with Gasteiger partial charge in [-0.15, -0.1) is 11.6 Å². The number of rotatable bonds is 3. The standard InChI is InChI=1S/C12H17ClO2S/c1-12(2,3)10-4-6-11(7-5-10)16(14,15)9-8-13/h4-7H,8-9H2,1-3H3. The SMILES string of the molecule is CC(C)(C)c1ccc(S(=O)(=O)CCCl)cc1. The molecular formula is C12H17ClO2S. The molecule has 0 atom stereocenters. The quantitative estimate of drug-likeness (QED) is 0.783. The third kappa shape index (κ3) is 3.22. The second kappa shape index (κ2) is 4.76. The van der Waals surface area contributed by atoms with E-state index in [9.17, 15) is 8.42 Å². The molecule has 0 aliphatic carbocycles. The smallest absolute Gasteiger partial charge is 0.179 e. The summed E-state index contributed by atoms with van der Waals surface area (Å²) in [6, 6.07) is 7.03. The predicted molar refractivity (Wildman–Crippen MR) is 67.9 cm³/mol. The first-order valence-electron chi connectivity index (χ1n) is 5.16. The fourth-order valence-corrected chi connectivity index (χ4v) is 2.98. The van der Waals surface area contributed by atoms with Crippen LogP contribution in [-0.4, -0.2) is 20.1 Å². The summed E-state index contributed by atoms with van der Waals surface area (Å²) in [5.41, 5.74) is 1.16. The van der Waals surface area contributed by atoms with Crippen LogP contribution in [0.25, 0.3) is 0 Å². The highest BCUT2D eigenvalue weighted by Crippen LogP contribution is 2.23. The van der Waals surface area contributed by atoms with Gasteiger partial charge in [-0.3, -0.25) is 0 Å². The van der Waals surface area contributed by atoms with Gasteiger partial charge in [0.15, 0.2) is 9.84 Å². The molecule has 0 aliphatic heterocycles. The Balaban J connectivity index is 3.05. The van der Waals surface area contributed by atoms with Crippen LogP contribution >= 0.6 is 11.6 Å². The van der Waals surface area contributed by atoms with Crippen molar-refractivity contribution in [3.8, 4) is 0 Å². The Morgan fingerprint density at radius 1 is 1.12 bits per heavy atom. The van der Waals surface area contributed by atoms with Gasteiger partial charge in [0, 0.05) is 5.88 Å². The van der Waals surface area contributed by atoms with Gasteiger partial charge >= 0.3 is 0 Å². The number of hydrogen-bond donors (Lipinski definition) is 0. The van der Waals surface area contributed by atoms with Crippen molar-refractivity contribution in [3.05, 3.63) is 29.8 Å². The van der Waals surface area contributed by atoms with Gasteiger partial charge in [0.25, 0.3) is 0 Å². The van der Waals surface area contributed by atoms with E-state index in [2.05, 4.69) is 20.8 Å². The van der Waals surface area contributed by atoms with E-state index in [1.165, 1.54) is 0 Å². The molecule has 1 aromatic carbocycles. The van der Waals surface area contributed by atoms with Crippen LogP contribution in [0, 0.1) is 0 Å². The van der Waals surface area contributed by atoms with E-state index in [1.807, 2.05) is 12.1 Å². The molecule has 0 N–H and O–H groups in total. The molecule has 0 spiro atoms. The van der Waals surface area contributed by atoms with Crippen LogP contribution in [-0.2, 0) is 15.3 Å². The summed E-state index contributed by atoms with van der Waals surface area (Å²) in [5, 5.41) is 0. The summed E-state index contributed by atoms with van der Waals surface area (Å²) >= 11 is 5.46. The molecule has 0 saturated carbocycles. The van der Waals surface area contributed by atoms with E-state index in [-0.39, 0.29) is 17.0 Å². The summed E-state index contributed by atoms with van der Waals surface area (Å²) < 4.78 is 23.4. The lowest BCUT2D eigenvalue weighted by atomic mass is 9.87. The topological polar surface area (TPSA) is 34.1 Å². The highest BCUT2D eigenvalue weighted by Gasteiger charge is 2.16. The Morgan fingerprint density at radius 2 is 1.62 bits per heavy atom. The number of hydrogen-bond acceptors (Lipinski definition) is 2. The first kappa shape index (κ1) is 13.5. The fraction of sp³-hybridized carbons (Fsp3) is 0.500. The third-order valence-corrected chi connectivity index (χ3v) is 4.57. The fourth-order valence-electron chi connectivity index (χ4n) is 1.38. The van der Waals surface area contributed by atoms with Gasteiger partial charge in [0.1, 0.15) is 0 Å². The van der Waals surface area contributed by atoms with Crippen molar-refractivity contribution in [2.75, 3.05) is 11.6 Å². The van der Waals surface area contributed by atoms with E-state index in [0.29, 0.717) is 4.90 Å². The monoisotopic (exact) mass is 260 g/mol. The van der Waals surface area contributed by atoms with E-state index < -0.39 is 9.84 Å². The highest BCUT2D eigenvalue weighted by atomic mass is 35.5. The maximum absolute atomic E-state index is 11.7. The van der Waals surface area contributed by atoms with Crippen LogP contribution in [0.15, 0.2) is 29.2 Å². The normalized spacial score (nSPS) is 12.8. The molecule has 1 rings (SSSR count). The number of benzene rings is 1. The van der Waals surface area contributed by atoms with Crippen molar-refractivity contribution in [3.63, 3.8) is 0 Å². The molecule has 1 aromatic rings. The average molecular weight is 261 g/mol. The number of alkyl halides is 1. The number of halogens is 1. The summed E-state index contributed by atoms with van der Waals surface area (Å²) in [6.07, 6.45) is 0. The minimum atomic E-state index is -3.20. The van der Waals surface area contributed by atoms with Gasteiger partial charge in [-0.05, 0) is 23.1 Å². The molecule has 0 radical (unpaired) electrons. The molecule has 0 fully saturated rings. The average Bonchev–Trinajstić information content (AvgIpc) is 2.16. The minimum Gasteiger partial charge on any atom is -0.224 e. The molecule has 0 saturated heterocycles. The summed E-state index contributed by atoms with van der Waals surface area (Å²) in [4.78, 5) is 0.348. The van der Waals surface area contributed by atoms with Gasteiger partial charge in [-0.2, -0.15) is 0 Å². The van der Waals surface area contributed by atoms with Crippen LogP contribution in [0.3, 0.4) is 0 Å². The van der Waals surface area contributed by atoms with Gasteiger partial charge in [0.2, 0.25) is 0 Å². The van der Waals surface area contributed by atoms with Crippen molar-refractivity contribution < 1.29 is 8.42 Å². The first-order valence-corrected chi connectivity index (χ1v) is 7.35. The van der Waals surface area contributed by atoms with Crippen molar-refractivity contribution in [1.29, 1.82) is 0 Å². The predicted octanol–water partition coefficient (Wildman–Crippen LogP) is 3.00. The van der Waals surface area contributed by atoms with Gasteiger partial charge in [-0.25, -0.2) is 8.42 Å². The van der Waals surface area contributed by atoms with Gasteiger partial charge < -0.3 is 0 Å². The molecule has 0 amide bonds. The maximum Gasteiger partial charge on any atom is 0.179 e. The molecule has 0 heterocycles. The van der Waals surface area contributed by atoms with E-state index in [4.69, 9.17) is 11.6 Å². The van der Waals surface area contributed by atoms with Crippen molar-refractivity contribution in [1.82, 2.24) is 0 Å². The van der Waals surface area contributed by atoms with E-state index in [0.717, 1.165) is 5.56 Å². The van der Waals surface area contributed by atoms with Crippen molar-refractivity contribution in [2.24, 2.45) is 0 Å². The van der Waals surface area contributed by atoms with Crippen LogP contribution in [0.1, 0.15) is 26.3 Å². The zero-order valence-electron chi connectivity index (χ0n) is 9.83. The summed E-state index contributed by atoms with van der Waals surface area (Å²) in [7, 11) is -3.20. The molecule has 0 aromatic heterocycles. The van der Waals surface area contributed by atoms with E-state index >= 15 is 0 Å². The third-order valence-electron chi connectivity index (χ3n) is 2.43. The largest absolute Gasteiger partial charge is 0.224 e. The second-order valence-electron chi connectivity index (χ2n) is 4.78. The van der Waals surface area contributed by atoms with Crippen LogP contribution in [0.2, 0.25) is 0 Å². The lowest BCUT2D eigenvalue weighted by Gasteiger charge is -2.19. The Kier molecular flexibility index (Phi) is 4.02. The molecule has 0 unspecified atom stereocenters. The van der Waals surface area contributed by atoms with Crippen LogP contribution < -0.4 is 0 Å². The molecule has 90 valence electrons.